The number of hydrogen-bond acceptors (Lipinski definition) is 1. The molecule has 1 nitrogen and oxygen atoms in total. The van der Waals surface area contributed by atoms with Crippen molar-refractivity contribution < 1.29 is 0 Å². The van der Waals surface area contributed by atoms with Crippen LogP contribution in [0.2, 0.25) is 5.02 Å². The van der Waals surface area contributed by atoms with Crippen LogP contribution in [0, 0.1) is 3.57 Å². The van der Waals surface area contributed by atoms with E-state index in [4.69, 9.17) is 11.6 Å². The van der Waals surface area contributed by atoms with Gasteiger partial charge in [-0.3, -0.25) is 0 Å². The summed E-state index contributed by atoms with van der Waals surface area (Å²) in [5, 5.41) is 4.32. The molecule has 3 heteroatoms. The zero-order valence-corrected chi connectivity index (χ0v) is 13.1. The van der Waals surface area contributed by atoms with Crippen molar-refractivity contribution in [1.29, 1.82) is 0 Å². The van der Waals surface area contributed by atoms with Crippen LogP contribution in [0.25, 0.3) is 0 Å². The molecule has 0 aliphatic heterocycles. The van der Waals surface area contributed by atoms with Crippen LogP contribution in [0.3, 0.4) is 0 Å². The molecule has 0 saturated heterocycles. The predicted molar refractivity (Wildman–Crippen MR) is 86.1 cm³/mol. The highest BCUT2D eigenvalue weighted by Crippen LogP contribution is 2.30. The van der Waals surface area contributed by atoms with Gasteiger partial charge < -0.3 is 5.32 Å². The molecule has 0 bridgehead atoms. The fourth-order valence-corrected chi connectivity index (χ4v) is 2.95. The van der Waals surface area contributed by atoms with Crippen molar-refractivity contribution in [3.63, 3.8) is 0 Å². The van der Waals surface area contributed by atoms with Gasteiger partial charge in [-0.05, 0) is 52.4 Å². The summed E-state index contributed by atoms with van der Waals surface area (Å²) < 4.78 is 1.25. The van der Waals surface area contributed by atoms with Gasteiger partial charge in [0.1, 0.15) is 0 Å². The second kappa shape index (κ2) is 6.55. The highest BCUT2D eigenvalue weighted by molar-refractivity contribution is 14.1. The molecule has 0 spiro atoms. The van der Waals surface area contributed by atoms with Gasteiger partial charge >= 0.3 is 0 Å². The van der Waals surface area contributed by atoms with E-state index in [9.17, 15) is 0 Å². The number of nitrogens with one attached hydrogen (secondary N) is 1. The Bertz CT molecular complexity index is 482. The molecule has 0 aliphatic rings. The Labute approximate surface area is 127 Å². The summed E-state index contributed by atoms with van der Waals surface area (Å²) in [5.41, 5.74) is 2.40. The van der Waals surface area contributed by atoms with Gasteiger partial charge in [0.2, 0.25) is 0 Å². The molecule has 1 N–H and O–H groups in total. The first-order chi connectivity index (χ1) is 8.74. The Balaban J connectivity index is 2.47. The third-order valence-corrected chi connectivity index (χ3v) is 4.17. The van der Waals surface area contributed by atoms with E-state index in [1.807, 2.05) is 18.2 Å². The van der Waals surface area contributed by atoms with Crippen LogP contribution in [0.5, 0.6) is 0 Å². The van der Waals surface area contributed by atoms with Crippen molar-refractivity contribution in [3.05, 3.63) is 68.3 Å². The largest absolute Gasteiger partial charge is 0.306 e. The van der Waals surface area contributed by atoms with Crippen LogP contribution < -0.4 is 5.32 Å². The summed E-state index contributed by atoms with van der Waals surface area (Å²) >= 11 is 8.69. The lowest BCUT2D eigenvalue weighted by Crippen LogP contribution is -2.23. The summed E-state index contributed by atoms with van der Waals surface area (Å²) in [4.78, 5) is 0. The topological polar surface area (TPSA) is 12.0 Å². The fourth-order valence-electron chi connectivity index (χ4n) is 2.01. The minimum Gasteiger partial charge on any atom is -0.306 e. The zero-order chi connectivity index (χ0) is 13.0. The lowest BCUT2D eigenvalue weighted by molar-refractivity contribution is 0.628. The molecular formula is C15H15ClIN. The monoisotopic (exact) mass is 371 g/mol. The quantitative estimate of drug-likeness (QED) is 0.772. The lowest BCUT2D eigenvalue weighted by atomic mass is 9.98. The maximum absolute atomic E-state index is 6.31. The van der Waals surface area contributed by atoms with E-state index < -0.39 is 0 Å². The molecule has 1 unspecified atom stereocenters. The molecule has 2 aromatic rings. The molecule has 0 fully saturated rings. The van der Waals surface area contributed by atoms with Gasteiger partial charge in [-0.25, -0.2) is 0 Å². The van der Waals surface area contributed by atoms with Gasteiger partial charge in [-0.15, -0.1) is 0 Å². The van der Waals surface area contributed by atoms with E-state index in [2.05, 4.69) is 65.2 Å². The van der Waals surface area contributed by atoms with Gasteiger partial charge in [0, 0.05) is 8.59 Å². The fraction of sp³-hybridized carbons (Fsp3) is 0.200. The van der Waals surface area contributed by atoms with Crippen LogP contribution in [-0.2, 0) is 0 Å². The molecule has 1 atom stereocenters. The Hall–Kier alpha value is -0.580. The Morgan fingerprint density at radius 3 is 2.28 bits per heavy atom. The standard InChI is InChI=1S/C15H15ClIN/c1-2-18-15(11-7-3-5-9-13(11)16)12-8-4-6-10-14(12)17/h3-10,15,18H,2H2,1H3. The first-order valence-electron chi connectivity index (χ1n) is 5.96. The molecule has 0 radical (unpaired) electrons. The molecule has 2 rings (SSSR count). The van der Waals surface area contributed by atoms with Crippen LogP contribution in [0.4, 0.5) is 0 Å². The maximum atomic E-state index is 6.31. The van der Waals surface area contributed by atoms with Crippen molar-refractivity contribution in [2.45, 2.75) is 13.0 Å². The Kier molecular flexibility index (Phi) is 5.03. The van der Waals surface area contributed by atoms with Crippen molar-refractivity contribution in [2.75, 3.05) is 6.54 Å². The molecule has 0 amide bonds. The van der Waals surface area contributed by atoms with Crippen molar-refractivity contribution in [2.24, 2.45) is 0 Å². The third-order valence-electron chi connectivity index (χ3n) is 2.84. The second-order valence-electron chi connectivity index (χ2n) is 4.03. The average Bonchev–Trinajstić information content (AvgIpc) is 2.38. The summed E-state index contributed by atoms with van der Waals surface area (Å²) in [7, 11) is 0. The SMILES string of the molecule is CCNC(c1ccccc1Cl)c1ccccc1I. The molecular weight excluding hydrogens is 357 g/mol. The van der Waals surface area contributed by atoms with Crippen LogP contribution in [0.1, 0.15) is 24.1 Å². The van der Waals surface area contributed by atoms with E-state index in [1.54, 1.807) is 0 Å². The minimum atomic E-state index is 0.150. The molecule has 0 aliphatic carbocycles. The predicted octanol–water partition coefficient (Wildman–Crippen LogP) is 4.64. The molecule has 0 saturated carbocycles. The summed E-state index contributed by atoms with van der Waals surface area (Å²) in [6.07, 6.45) is 0. The zero-order valence-electron chi connectivity index (χ0n) is 10.2. The van der Waals surface area contributed by atoms with Gasteiger partial charge in [-0.1, -0.05) is 54.9 Å². The number of rotatable bonds is 4. The number of benzene rings is 2. The third kappa shape index (κ3) is 3.05. The summed E-state index contributed by atoms with van der Waals surface area (Å²) in [6, 6.07) is 16.6. The smallest absolute Gasteiger partial charge is 0.0601 e. The number of halogens is 2. The molecule has 18 heavy (non-hydrogen) atoms. The van der Waals surface area contributed by atoms with Crippen molar-refractivity contribution in [1.82, 2.24) is 5.32 Å². The normalized spacial score (nSPS) is 12.4. The molecule has 0 aromatic heterocycles. The van der Waals surface area contributed by atoms with Crippen molar-refractivity contribution >= 4 is 34.2 Å². The first-order valence-corrected chi connectivity index (χ1v) is 7.42. The second-order valence-corrected chi connectivity index (χ2v) is 5.60. The van der Waals surface area contributed by atoms with E-state index in [0.29, 0.717) is 0 Å². The van der Waals surface area contributed by atoms with E-state index in [0.717, 1.165) is 17.1 Å². The Morgan fingerprint density at radius 1 is 1.06 bits per heavy atom. The maximum Gasteiger partial charge on any atom is 0.0601 e. The Morgan fingerprint density at radius 2 is 1.67 bits per heavy atom. The summed E-state index contributed by atoms with van der Waals surface area (Å²) in [6.45, 7) is 3.01. The highest BCUT2D eigenvalue weighted by atomic mass is 127. The van der Waals surface area contributed by atoms with Gasteiger partial charge in [0.15, 0.2) is 0 Å². The van der Waals surface area contributed by atoms with E-state index >= 15 is 0 Å². The van der Waals surface area contributed by atoms with Gasteiger partial charge in [0.05, 0.1) is 6.04 Å². The van der Waals surface area contributed by atoms with Crippen LogP contribution in [-0.4, -0.2) is 6.54 Å². The van der Waals surface area contributed by atoms with Gasteiger partial charge in [0.25, 0.3) is 0 Å². The molecule has 2 aromatic carbocycles. The average molecular weight is 372 g/mol. The lowest BCUT2D eigenvalue weighted by Gasteiger charge is -2.21. The van der Waals surface area contributed by atoms with E-state index in [-0.39, 0.29) is 6.04 Å². The van der Waals surface area contributed by atoms with Crippen LogP contribution >= 0.6 is 34.2 Å². The number of hydrogen-bond donors (Lipinski definition) is 1. The highest BCUT2D eigenvalue weighted by Gasteiger charge is 2.17. The molecule has 94 valence electrons. The van der Waals surface area contributed by atoms with Gasteiger partial charge in [-0.2, -0.15) is 0 Å². The van der Waals surface area contributed by atoms with Crippen LogP contribution in [0.15, 0.2) is 48.5 Å². The van der Waals surface area contributed by atoms with Crippen molar-refractivity contribution in [3.8, 4) is 0 Å². The van der Waals surface area contributed by atoms with E-state index in [1.165, 1.54) is 9.13 Å². The minimum absolute atomic E-state index is 0.150. The first kappa shape index (κ1) is 13.8. The summed E-state index contributed by atoms with van der Waals surface area (Å²) in [5.74, 6) is 0. The molecule has 0 heterocycles.